The molecule has 0 aliphatic heterocycles. The Bertz CT molecular complexity index is 573. The van der Waals surface area contributed by atoms with E-state index in [0.29, 0.717) is 17.3 Å². The summed E-state index contributed by atoms with van der Waals surface area (Å²) in [5.41, 5.74) is 1.38. The van der Waals surface area contributed by atoms with Crippen molar-refractivity contribution in [3.05, 3.63) is 41.2 Å². The van der Waals surface area contributed by atoms with Crippen molar-refractivity contribution in [1.29, 1.82) is 0 Å². The third-order valence-corrected chi connectivity index (χ3v) is 2.75. The lowest BCUT2D eigenvalue weighted by atomic mass is 10.2. The molecule has 0 unspecified atom stereocenters. The first-order valence-corrected chi connectivity index (χ1v) is 5.95. The first-order chi connectivity index (χ1) is 9.10. The molecule has 2 heterocycles. The van der Waals surface area contributed by atoms with Gasteiger partial charge in [0, 0.05) is 18.8 Å². The molecule has 2 aromatic heterocycles. The maximum Gasteiger partial charge on any atom is 0.251 e. The van der Waals surface area contributed by atoms with Crippen molar-refractivity contribution in [2.24, 2.45) is 0 Å². The second-order valence-electron chi connectivity index (χ2n) is 4.11. The Morgan fingerprint density at radius 1 is 1.42 bits per heavy atom. The van der Waals surface area contributed by atoms with Crippen molar-refractivity contribution in [3.8, 4) is 0 Å². The molecule has 0 saturated heterocycles. The molecule has 2 rings (SSSR count). The number of rotatable bonds is 4. The Hall–Kier alpha value is -2.37. The third-order valence-electron chi connectivity index (χ3n) is 2.75. The molecule has 0 aromatic carbocycles. The van der Waals surface area contributed by atoms with Gasteiger partial charge < -0.3 is 15.1 Å². The van der Waals surface area contributed by atoms with Gasteiger partial charge in [-0.3, -0.25) is 4.79 Å². The highest BCUT2D eigenvalue weighted by Gasteiger charge is 2.09. The van der Waals surface area contributed by atoms with Gasteiger partial charge in [-0.25, -0.2) is 9.97 Å². The molecule has 0 aliphatic carbocycles. The van der Waals surface area contributed by atoms with Crippen LogP contribution in [0.2, 0.25) is 0 Å². The van der Waals surface area contributed by atoms with Crippen LogP contribution in [0.5, 0.6) is 0 Å². The molecule has 19 heavy (non-hydrogen) atoms. The zero-order valence-corrected chi connectivity index (χ0v) is 11.2. The molecule has 2 aromatic rings. The summed E-state index contributed by atoms with van der Waals surface area (Å²) in [4.78, 5) is 20.2. The fourth-order valence-corrected chi connectivity index (χ4v) is 1.58. The van der Waals surface area contributed by atoms with Crippen molar-refractivity contribution < 1.29 is 9.21 Å². The molecule has 2 N–H and O–H groups in total. The molecule has 0 saturated carbocycles. The number of carbonyl (C=O) groups excluding carboxylic acids is 1. The van der Waals surface area contributed by atoms with Crippen LogP contribution in [0.25, 0.3) is 0 Å². The highest BCUT2D eigenvalue weighted by atomic mass is 16.4. The van der Waals surface area contributed by atoms with E-state index in [4.69, 9.17) is 4.42 Å². The predicted octanol–water partition coefficient (Wildman–Crippen LogP) is 1.66. The molecule has 0 aliphatic rings. The van der Waals surface area contributed by atoms with Crippen LogP contribution in [0, 0.1) is 13.8 Å². The summed E-state index contributed by atoms with van der Waals surface area (Å²) >= 11 is 0. The van der Waals surface area contributed by atoms with Crippen LogP contribution in [0.1, 0.15) is 27.7 Å². The molecule has 0 atom stereocenters. The SMILES string of the molecule is CNc1cc(C(=O)NCc2nc(C)c(C)o2)ccn1. The zero-order chi connectivity index (χ0) is 13.8. The molecule has 0 radical (unpaired) electrons. The van der Waals surface area contributed by atoms with Gasteiger partial charge in [-0.2, -0.15) is 0 Å². The largest absolute Gasteiger partial charge is 0.444 e. The van der Waals surface area contributed by atoms with Gasteiger partial charge in [0.2, 0.25) is 5.89 Å². The second-order valence-corrected chi connectivity index (χ2v) is 4.11. The second kappa shape index (κ2) is 5.51. The van der Waals surface area contributed by atoms with Gasteiger partial charge in [-0.05, 0) is 26.0 Å². The highest BCUT2D eigenvalue weighted by Crippen LogP contribution is 2.09. The minimum absolute atomic E-state index is 0.188. The van der Waals surface area contributed by atoms with Crippen molar-refractivity contribution in [2.45, 2.75) is 20.4 Å². The molecule has 1 amide bonds. The Morgan fingerprint density at radius 3 is 2.84 bits per heavy atom. The molecule has 0 fully saturated rings. The number of nitrogens with one attached hydrogen (secondary N) is 2. The number of nitrogens with zero attached hydrogens (tertiary/aromatic N) is 2. The Kier molecular flexibility index (Phi) is 3.79. The number of hydrogen-bond acceptors (Lipinski definition) is 5. The quantitative estimate of drug-likeness (QED) is 0.873. The lowest BCUT2D eigenvalue weighted by molar-refractivity contribution is 0.0947. The van der Waals surface area contributed by atoms with Crippen molar-refractivity contribution in [2.75, 3.05) is 12.4 Å². The van der Waals surface area contributed by atoms with E-state index in [9.17, 15) is 4.79 Å². The van der Waals surface area contributed by atoms with E-state index >= 15 is 0 Å². The van der Waals surface area contributed by atoms with Crippen LogP contribution in [-0.2, 0) is 6.54 Å². The standard InChI is InChI=1S/C13H16N4O2/c1-8-9(2)19-12(17-8)7-16-13(18)10-4-5-15-11(6-10)14-3/h4-6H,7H2,1-3H3,(H,14,15)(H,16,18). The predicted molar refractivity (Wildman–Crippen MR) is 70.9 cm³/mol. The topological polar surface area (TPSA) is 80.0 Å². The Balaban J connectivity index is 2.00. The van der Waals surface area contributed by atoms with Gasteiger partial charge in [0.25, 0.3) is 5.91 Å². The zero-order valence-electron chi connectivity index (χ0n) is 11.2. The number of hydrogen-bond donors (Lipinski definition) is 2. The first kappa shape index (κ1) is 13.1. The van der Waals surface area contributed by atoms with E-state index in [1.807, 2.05) is 13.8 Å². The summed E-state index contributed by atoms with van der Waals surface area (Å²) in [6.07, 6.45) is 1.58. The van der Waals surface area contributed by atoms with Gasteiger partial charge in [-0.1, -0.05) is 0 Å². The summed E-state index contributed by atoms with van der Waals surface area (Å²) < 4.78 is 5.39. The normalized spacial score (nSPS) is 10.3. The van der Waals surface area contributed by atoms with Crippen molar-refractivity contribution >= 4 is 11.7 Å². The summed E-state index contributed by atoms with van der Waals surface area (Å²) in [7, 11) is 1.75. The van der Waals surface area contributed by atoms with E-state index in [1.54, 1.807) is 25.4 Å². The van der Waals surface area contributed by atoms with Crippen LogP contribution < -0.4 is 10.6 Å². The fraction of sp³-hybridized carbons (Fsp3) is 0.308. The minimum Gasteiger partial charge on any atom is -0.444 e. The molecular weight excluding hydrogens is 244 g/mol. The number of carbonyl (C=O) groups is 1. The third kappa shape index (κ3) is 3.09. The Labute approximate surface area is 111 Å². The maximum absolute atomic E-state index is 11.9. The molecule has 0 bridgehead atoms. The summed E-state index contributed by atoms with van der Waals surface area (Å²) in [5.74, 6) is 1.74. The van der Waals surface area contributed by atoms with E-state index in [1.165, 1.54) is 0 Å². The van der Waals surface area contributed by atoms with Gasteiger partial charge in [0.15, 0.2) is 0 Å². The number of aromatic nitrogens is 2. The molecule has 0 spiro atoms. The van der Waals surface area contributed by atoms with Gasteiger partial charge in [0.05, 0.1) is 12.2 Å². The minimum atomic E-state index is -0.188. The van der Waals surface area contributed by atoms with Crippen LogP contribution in [0.3, 0.4) is 0 Å². The number of pyridine rings is 1. The first-order valence-electron chi connectivity index (χ1n) is 5.95. The number of amides is 1. The number of anilines is 1. The van der Waals surface area contributed by atoms with E-state index in [2.05, 4.69) is 20.6 Å². The van der Waals surface area contributed by atoms with Gasteiger partial charge in [-0.15, -0.1) is 0 Å². The molecule has 6 heteroatoms. The number of aryl methyl sites for hydroxylation is 2. The van der Waals surface area contributed by atoms with E-state index in [-0.39, 0.29) is 12.5 Å². The molecule has 100 valence electrons. The summed E-state index contributed by atoms with van der Waals surface area (Å²) in [6, 6.07) is 3.34. The van der Waals surface area contributed by atoms with Crippen molar-refractivity contribution in [1.82, 2.24) is 15.3 Å². The average Bonchev–Trinajstić information content (AvgIpc) is 2.75. The lowest BCUT2D eigenvalue weighted by Gasteiger charge is -2.04. The van der Waals surface area contributed by atoms with Gasteiger partial charge in [0.1, 0.15) is 11.6 Å². The smallest absolute Gasteiger partial charge is 0.251 e. The highest BCUT2D eigenvalue weighted by molar-refractivity contribution is 5.94. The number of oxazole rings is 1. The summed E-state index contributed by atoms with van der Waals surface area (Å²) in [6.45, 7) is 3.98. The van der Waals surface area contributed by atoms with Crippen LogP contribution in [-0.4, -0.2) is 22.9 Å². The van der Waals surface area contributed by atoms with Crippen LogP contribution >= 0.6 is 0 Å². The summed E-state index contributed by atoms with van der Waals surface area (Å²) in [5, 5.41) is 5.64. The Morgan fingerprint density at radius 2 is 2.21 bits per heavy atom. The van der Waals surface area contributed by atoms with Gasteiger partial charge >= 0.3 is 0 Å². The van der Waals surface area contributed by atoms with Crippen LogP contribution in [0.15, 0.2) is 22.7 Å². The fourth-order valence-electron chi connectivity index (χ4n) is 1.58. The maximum atomic E-state index is 11.9. The lowest BCUT2D eigenvalue weighted by Crippen LogP contribution is -2.23. The molecular formula is C13H16N4O2. The van der Waals surface area contributed by atoms with Crippen molar-refractivity contribution in [3.63, 3.8) is 0 Å². The van der Waals surface area contributed by atoms with E-state index < -0.39 is 0 Å². The monoisotopic (exact) mass is 260 g/mol. The van der Waals surface area contributed by atoms with Crippen LogP contribution in [0.4, 0.5) is 5.82 Å². The van der Waals surface area contributed by atoms with E-state index in [0.717, 1.165) is 11.5 Å². The average molecular weight is 260 g/mol. The molecule has 6 nitrogen and oxygen atoms in total.